The standard InChI is InChI=1S/C56H34N4O/c1-2-14-41(15-3-1)56-57-51-47-33-32-42(34-50(47)46-20-8-9-21-48(46)52(51)61-56)35-24-28-39(29-25-35)53-58-54(60-55(59-53)49-23-11-17-37-13-5-7-19-45(37)49)40-30-26-38(27-31-40)44-22-10-16-36-12-4-6-18-43(36)44/h1-34H. The first-order valence-corrected chi connectivity index (χ1v) is 20.5. The molecule has 0 bridgehead atoms. The molecular weight excluding hydrogens is 745 g/mol. The summed E-state index contributed by atoms with van der Waals surface area (Å²) < 4.78 is 6.45. The summed E-state index contributed by atoms with van der Waals surface area (Å²) in [5, 5.41) is 9.04. The van der Waals surface area contributed by atoms with E-state index < -0.39 is 0 Å². The van der Waals surface area contributed by atoms with Crippen molar-refractivity contribution in [1.82, 2.24) is 19.9 Å². The van der Waals surface area contributed by atoms with Gasteiger partial charge in [-0.15, -0.1) is 0 Å². The van der Waals surface area contributed by atoms with E-state index in [1.165, 1.54) is 16.3 Å². The van der Waals surface area contributed by atoms with Gasteiger partial charge in [0.2, 0.25) is 5.89 Å². The maximum absolute atomic E-state index is 6.45. The highest BCUT2D eigenvalue weighted by Crippen LogP contribution is 2.40. The third-order valence-electron chi connectivity index (χ3n) is 11.8. The lowest BCUT2D eigenvalue weighted by Gasteiger charge is -2.12. The van der Waals surface area contributed by atoms with Crippen molar-refractivity contribution >= 4 is 54.2 Å². The minimum Gasteiger partial charge on any atom is -0.435 e. The van der Waals surface area contributed by atoms with Crippen molar-refractivity contribution in [2.24, 2.45) is 0 Å². The summed E-state index contributed by atoms with van der Waals surface area (Å²) in [7, 11) is 0. The number of aromatic nitrogens is 4. The van der Waals surface area contributed by atoms with E-state index in [9.17, 15) is 0 Å². The smallest absolute Gasteiger partial charge is 0.227 e. The topological polar surface area (TPSA) is 64.7 Å². The second kappa shape index (κ2) is 14.2. The van der Waals surface area contributed by atoms with Crippen molar-refractivity contribution in [3.8, 4) is 67.9 Å². The van der Waals surface area contributed by atoms with Crippen LogP contribution in [0, 0.1) is 0 Å². The number of hydrogen-bond acceptors (Lipinski definition) is 5. The van der Waals surface area contributed by atoms with E-state index in [1.807, 2.05) is 30.3 Å². The Morgan fingerprint density at radius 2 is 0.787 bits per heavy atom. The molecule has 2 heterocycles. The molecular formula is C56H34N4O. The van der Waals surface area contributed by atoms with Crippen LogP contribution in [0.25, 0.3) is 122 Å². The molecule has 5 nitrogen and oxygen atoms in total. The fourth-order valence-corrected chi connectivity index (χ4v) is 8.72. The third-order valence-corrected chi connectivity index (χ3v) is 11.8. The van der Waals surface area contributed by atoms with E-state index in [1.54, 1.807) is 0 Å². The van der Waals surface area contributed by atoms with Crippen LogP contribution in [-0.2, 0) is 0 Å². The van der Waals surface area contributed by atoms with Gasteiger partial charge in [-0.2, -0.15) is 0 Å². The van der Waals surface area contributed by atoms with Gasteiger partial charge < -0.3 is 4.42 Å². The van der Waals surface area contributed by atoms with Gasteiger partial charge in [0.25, 0.3) is 0 Å². The minimum atomic E-state index is 0.616. The highest BCUT2D eigenvalue weighted by molar-refractivity contribution is 6.23. The van der Waals surface area contributed by atoms with Crippen LogP contribution in [0.15, 0.2) is 211 Å². The lowest BCUT2D eigenvalue weighted by molar-refractivity contribution is 0.623. The number of rotatable bonds is 6. The Kier molecular flexibility index (Phi) is 8.10. The Morgan fingerprint density at radius 1 is 0.279 bits per heavy atom. The van der Waals surface area contributed by atoms with E-state index in [4.69, 9.17) is 24.4 Å². The third kappa shape index (κ3) is 6.02. The second-order valence-electron chi connectivity index (χ2n) is 15.4. The molecule has 0 aliphatic carbocycles. The van der Waals surface area contributed by atoms with Gasteiger partial charge >= 0.3 is 0 Å². The zero-order valence-electron chi connectivity index (χ0n) is 32.8. The van der Waals surface area contributed by atoms with Gasteiger partial charge in [0.15, 0.2) is 23.1 Å². The van der Waals surface area contributed by atoms with E-state index in [-0.39, 0.29) is 0 Å². The molecule has 0 atom stereocenters. The molecule has 0 aliphatic rings. The normalized spacial score (nSPS) is 11.6. The second-order valence-corrected chi connectivity index (χ2v) is 15.4. The largest absolute Gasteiger partial charge is 0.435 e. The predicted molar refractivity (Wildman–Crippen MR) is 250 cm³/mol. The molecule has 5 heteroatoms. The van der Waals surface area contributed by atoms with Gasteiger partial charge in [-0.3, -0.25) is 0 Å². The van der Waals surface area contributed by atoms with Crippen molar-refractivity contribution in [3.63, 3.8) is 0 Å². The molecule has 0 amide bonds. The summed E-state index contributed by atoms with van der Waals surface area (Å²) in [6, 6.07) is 71.8. The van der Waals surface area contributed by atoms with Gasteiger partial charge in [-0.1, -0.05) is 188 Å². The monoisotopic (exact) mass is 778 g/mol. The SMILES string of the molecule is c1ccc(-c2nc3c4ccc(-c5ccc(-c6nc(-c7ccc(-c8cccc9ccccc89)cc7)nc(-c7cccc8ccccc78)n6)cc5)cc4c4ccccc4c3o2)cc1. The van der Waals surface area contributed by atoms with Gasteiger partial charge in [-0.05, 0) is 72.8 Å². The van der Waals surface area contributed by atoms with Crippen molar-refractivity contribution in [2.75, 3.05) is 0 Å². The first-order valence-electron chi connectivity index (χ1n) is 20.5. The summed E-state index contributed by atoms with van der Waals surface area (Å²) in [6.07, 6.45) is 0. The van der Waals surface area contributed by atoms with Crippen LogP contribution < -0.4 is 0 Å². The summed E-state index contributed by atoms with van der Waals surface area (Å²) in [5.74, 6) is 2.49. The molecule has 0 spiro atoms. The summed E-state index contributed by atoms with van der Waals surface area (Å²) >= 11 is 0. The van der Waals surface area contributed by atoms with Crippen molar-refractivity contribution in [1.29, 1.82) is 0 Å². The van der Waals surface area contributed by atoms with Crippen molar-refractivity contribution in [3.05, 3.63) is 206 Å². The Morgan fingerprint density at radius 3 is 1.48 bits per heavy atom. The maximum Gasteiger partial charge on any atom is 0.227 e. The molecule has 12 aromatic rings. The van der Waals surface area contributed by atoms with Gasteiger partial charge in [0.05, 0.1) is 0 Å². The van der Waals surface area contributed by atoms with E-state index in [0.717, 1.165) is 82.4 Å². The van der Waals surface area contributed by atoms with Gasteiger partial charge in [-0.25, -0.2) is 19.9 Å². The molecule has 2 aromatic heterocycles. The van der Waals surface area contributed by atoms with Gasteiger partial charge in [0, 0.05) is 33.0 Å². The summed E-state index contributed by atoms with van der Waals surface area (Å²) in [6.45, 7) is 0. The average molecular weight is 779 g/mol. The number of fused-ring (bicyclic) bond motifs is 8. The van der Waals surface area contributed by atoms with E-state index in [0.29, 0.717) is 23.4 Å². The summed E-state index contributed by atoms with van der Waals surface area (Å²) in [5.41, 5.74) is 9.96. The maximum atomic E-state index is 6.45. The number of benzene rings is 10. The fourth-order valence-electron chi connectivity index (χ4n) is 8.72. The molecule has 61 heavy (non-hydrogen) atoms. The Balaban J connectivity index is 0.950. The number of oxazole rings is 1. The first kappa shape index (κ1) is 34.7. The van der Waals surface area contributed by atoms with Crippen LogP contribution in [0.2, 0.25) is 0 Å². The highest BCUT2D eigenvalue weighted by atomic mass is 16.3. The molecule has 0 unspecified atom stereocenters. The van der Waals surface area contributed by atoms with Crippen LogP contribution in [0.4, 0.5) is 0 Å². The molecule has 0 fully saturated rings. The van der Waals surface area contributed by atoms with Gasteiger partial charge in [0.1, 0.15) is 5.52 Å². The molecule has 0 saturated carbocycles. The Hall–Kier alpha value is -8.28. The van der Waals surface area contributed by atoms with E-state index >= 15 is 0 Å². The summed E-state index contributed by atoms with van der Waals surface area (Å²) in [4.78, 5) is 20.4. The predicted octanol–water partition coefficient (Wildman–Crippen LogP) is 14.6. The molecule has 0 radical (unpaired) electrons. The fraction of sp³-hybridized carbons (Fsp3) is 0. The number of nitrogens with zero attached hydrogens (tertiary/aromatic N) is 4. The van der Waals surface area contributed by atoms with Crippen LogP contribution in [0.3, 0.4) is 0 Å². The lowest BCUT2D eigenvalue weighted by atomic mass is 9.95. The zero-order chi connectivity index (χ0) is 40.3. The molecule has 0 saturated heterocycles. The van der Waals surface area contributed by atoms with E-state index in [2.05, 4.69) is 176 Å². The van der Waals surface area contributed by atoms with Crippen LogP contribution in [-0.4, -0.2) is 19.9 Å². The average Bonchev–Trinajstić information content (AvgIpc) is 3.80. The molecule has 0 aliphatic heterocycles. The van der Waals surface area contributed by atoms with Crippen LogP contribution >= 0.6 is 0 Å². The zero-order valence-corrected chi connectivity index (χ0v) is 32.8. The highest BCUT2D eigenvalue weighted by Gasteiger charge is 2.18. The number of hydrogen-bond donors (Lipinski definition) is 0. The van der Waals surface area contributed by atoms with Crippen LogP contribution in [0.1, 0.15) is 0 Å². The molecule has 12 rings (SSSR count). The molecule has 10 aromatic carbocycles. The Labute approximate surface area is 351 Å². The Bertz CT molecular complexity index is 3620. The quantitative estimate of drug-likeness (QED) is 0.157. The lowest BCUT2D eigenvalue weighted by Crippen LogP contribution is -2.00. The first-order chi connectivity index (χ1) is 30.2. The molecule has 0 N–H and O–H groups in total. The van der Waals surface area contributed by atoms with Crippen molar-refractivity contribution < 1.29 is 4.42 Å². The van der Waals surface area contributed by atoms with Crippen LogP contribution in [0.5, 0.6) is 0 Å². The van der Waals surface area contributed by atoms with Crippen molar-refractivity contribution in [2.45, 2.75) is 0 Å². The minimum absolute atomic E-state index is 0.616. The molecule has 284 valence electrons.